The summed E-state index contributed by atoms with van der Waals surface area (Å²) < 4.78 is 19.3. The zero-order valence-electron chi connectivity index (χ0n) is 13.0. The standard InChI is InChI=1S/2C6H6.C2H6O2S.2CH4O/c2*1-2-4-6-5-3-1;1-5(2,3)4;2*1-2/h2*1-6H;1-2H3;2*2H,1H3. The van der Waals surface area contributed by atoms with Gasteiger partial charge < -0.3 is 10.2 Å². The molecule has 4 nitrogen and oxygen atoms in total. The van der Waals surface area contributed by atoms with E-state index in [1.807, 2.05) is 72.8 Å². The summed E-state index contributed by atoms with van der Waals surface area (Å²) in [5, 5.41) is 14.0. The van der Waals surface area contributed by atoms with Crippen LogP contribution in [0.5, 0.6) is 0 Å². The number of sulfone groups is 1. The lowest BCUT2D eigenvalue weighted by Crippen LogP contribution is -1.86. The van der Waals surface area contributed by atoms with Crippen LogP contribution in [-0.4, -0.2) is 45.4 Å². The molecule has 2 aromatic carbocycles. The predicted octanol–water partition coefficient (Wildman–Crippen LogP) is 2.25. The molecule has 0 bridgehead atoms. The molecule has 2 N–H and O–H groups in total. The fraction of sp³-hybridized carbons (Fsp3) is 0.250. The molecular formula is C16H26O4S. The molecule has 21 heavy (non-hydrogen) atoms. The van der Waals surface area contributed by atoms with Crippen molar-refractivity contribution < 1.29 is 18.6 Å². The molecule has 0 fully saturated rings. The second-order valence-electron chi connectivity index (χ2n) is 3.45. The molecule has 5 heteroatoms. The molecule has 0 amide bonds. The van der Waals surface area contributed by atoms with Crippen LogP contribution in [0.3, 0.4) is 0 Å². The summed E-state index contributed by atoms with van der Waals surface area (Å²) in [7, 11) is -0.667. The van der Waals surface area contributed by atoms with Gasteiger partial charge in [0.15, 0.2) is 0 Å². The minimum Gasteiger partial charge on any atom is -0.400 e. The molecule has 0 spiro atoms. The van der Waals surface area contributed by atoms with Crippen molar-refractivity contribution in [2.75, 3.05) is 26.7 Å². The molecule has 0 saturated heterocycles. The maximum atomic E-state index is 9.63. The molecular weight excluding hydrogens is 288 g/mol. The quantitative estimate of drug-likeness (QED) is 0.782. The van der Waals surface area contributed by atoms with Gasteiger partial charge in [0, 0.05) is 26.7 Å². The first kappa shape index (κ1) is 24.3. The third-order valence-electron chi connectivity index (χ3n) is 1.33. The first-order chi connectivity index (χ1) is 10.0. The number of rotatable bonds is 0. The molecule has 0 atom stereocenters. The summed E-state index contributed by atoms with van der Waals surface area (Å²) >= 11 is 0. The van der Waals surface area contributed by atoms with Crippen molar-refractivity contribution >= 4 is 9.84 Å². The summed E-state index contributed by atoms with van der Waals surface area (Å²) in [6, 6.07) is 24.0. The number of benzene rings is 2. The molecule has 120 valence electrons. The Balaban J connectivity index is -0.000000208. The van der Waals surface area contributed by atoms with Gasteiger partial charge in [-0.3, -0.25) is 0 Å². The maximum absolute atomic E-state index is 9.63. The molecule has 2 rings (SSSR count). The minimum absolute atomic E-state index is 1.00. The Morgan fingerprint density at radius 3 is 0.571 bits per heavy atom. The van der Waals surface area contributed by atoms with Crippen LogP contribution in [0.1, 0.15) is 0 Å². The van der Waals surface area contributed by atoms with Crippen molar-refractivity contribution in [1.29, 1.82) is 0 Å². The van der Waals surface area contributed by atoms with Crippen molar-refractivity contribution in [2.45, 2.75) is 0 Å². The molecule has 0 radical (unpaired) electrons. The number of aliphatic hydroxyl groups excluding tert-OH is 2. The van der Waals surface area contributed by atoms with Crippen LogP contribution in [-0.2, 0) is 9.84 Å². The zero-order chi connectivity index (χ0) is 17.0. The molecule has 2 aromatic rings. The van der Waals surface area contributed by atoms with Gasteiger partial charge in [-0.1, -0.05) is 72.8 Å². The van der Waals surface area contributed by atoms with Crippen molar-refractivity contribution in [3.8, 4) is 0 Å². The Labute approximate surface area is 128 Å². The van der Waals surface area contributed by atoms with Crippen LogP contribution >= 0.6 is 0 Å². The fourth-order valence-corrected chi connectivity index (χ4v) is 0.770. The summed E-state index contributed by atoms with van der Waals surface area (Å²) in [5.41, 5.74) is 0. The molecule has 0 heterocycles. The Morgan fingerprint density at radius 2 is 0.524 bits per heavy atom. The van der Waals surface area contributed by atoms with E-state index in [0.717, 1.165) is 26.7 Å². The van der Waals surface area contributed by atoms with Crippen molar-refractivity contribution in [1.82, 2.24) is 0 Å². The van der Waals surface area contributed by atoms with Crippen LogP contribution in [0.4, 0.5) is 0 Å². The summed E-state index contributed by atoms with van der Waals surface area (Å²) in [4.78, 5) is 0. The average molecular weight is 314 g/mol. The van der Waals surface area contributed by atoms with Gasteiger partial charge in [0.2, 0.25) is 0 Å². The van der Waals surface area contributed by atoms with Gasteiger partial charge in [-0.25, -0.2) is 8.42 Å². The third-order valence-corrected chi connectivity index (χ3v) is 1.33. The molecule has 0 saturated carbocycles. The predicted molar refractivity (Wildman–Crippen MR) is 89.9 cm³/mol. The molecule has 0 aliphatic rings. The van der Waals surface area contributed by atoms with Gasteiger partial charge in [0.25, 0.3) is 0 Å². The second kappa shape index (κ2) is 20.6. The minimum atomic E-state index is -2.67. The van der Waals surface area contributed by atoms with Crippen LogP contribution in [0.2, 0.25) is 0 Å². The van der Waals surface area contributed by atoms with Crippen molar-refractivity contribution in [3.63, 3.8) is 0 Å². The highest BCUT2D eigenvalue weighted by atomic mass is 32.2. The molecule has 0 unspecified atom stereocenters. The van der Waals surface area contributed by atoms with E-state index in [1.54, 1.807) is 0 Å². The highest BCUT2D eigenvalue weighted by molar-refractivity contribution is 7.89. The average Bonchev–Trinajstić information content (AvgIpc) is 2.54. The van der Waals surface area contributed by atoms with Crippen molar-refractivity contribution in [2.24, 2.45) is 0 Å². The number of aliphatic hydroxyl groups is 2. The fourth-order valence-electron chi connectivity index (χ4n) is 0.770. The summed E-state index contributed by atoms with van der Waals surface area (Å²) in [6.07, 6.45) is 2.32. The smallest absolute Gasteiger partial charge is 0.144 e. The third kappa shape index (κ3) is 45.8. The van der Waals surface area contributed by atoms with Crippen LogP contribution in [0, 0.1) is 0 Å². The second-order valence-corrected chi connectivity index (χ2v) is 5.74. The Hall–Kier alpha value is -1.69. The highest BCUT2D eigenvalue weighted by Gasteiger charge is 1.79. The van der Waals surface area contributed by atoms with Crippen LogP contribution in [0.25, 0.3) is 0 Å². The van der Waals surface area contributed by atoms with E-state index in [0.29, 0.717) is 0 Å². The summed E-state index contributed by atoms with van der Waals surface area (Å²) in [6.45, 7) is 0. The van der Waals surface area contributed by atoms with E-state index < -0.39 is 9.84 Å². The van der Waals surface area contributed by atoms with E-state index in [9.17, 15) is 8.42 Å². The first-order valence-corrected chi connectivity index (χ1v) is 8.34. The number of hydrogen-bond acceptors (Lipinski definition) is 4. The normalized spacial score (nSPS) is 7.90. The van der Waals surface area contributed by atoms with Gasteiger partial charge in [-0.05, 0) is 0 Å². The van der Waals surface area contributed by atoms with Gasteiger partial charge in [0.1, 0.15) is 9.84 Å². The lowest BCUT2D eigenvalue weighted by molar-refractivity contribution is 0.399. The van der Waals surface area contributed by atoms with E-state index in [2.05, 4.69) is 0 Å². The van der Waals surface area contributed by atoms with Gasteiger partial charge in [-0.15, -0.1) is 0 Å². The first-order valence-electron chi connectivity index (χ1n) is 6.04. The van der Waals surface area contributed by atoms with Gasteiger partial charge in [0.05, 0.1) is 0 Å². The highest BCUT2D eigenvalue weighted by Crippen LogP contribution is 1.80. The lowest BCUT2D eigenvalue weighted by atomic mass is 10.4. The topological polar surface area (TPSA) is 74.6 Å². The van der Waals surface area contributed by atoms with E-state index in [-0.39, 0.29) is 0 Å². The zero-order valence-corrected chi connectivity index (χ0v) is 13.9. The van der Waals surface area contributed by atoms with Gasteiger partial charge in [-0.2, -0.15) is 0 Å². The summed E-state index contributed by atoms with van der Waals surface area (Å²) in [5.74, 6) is 0. The lowest BCUT2D eigenvalue weighted by Gasteiger charge is -1.69. The van der Waals surface area contributed by atoms with E-state index in [4.69, 9.17) is 10.2 Å². The Kier molecular flexibility index (Phi) is 23.9. The van der Waals surface area contributed by atoms with Crippen LogP contribution in [0.15, 0.2) is 72.8 Å². The monoisotopic (exact) mass is 314 g/mol. The molecule has 0 aliphatic heterocycles. The maximum Gasteiger partial charge on any atom is 0.144 e. The van der Waals surface area contributed by atoms with E-state index >= 15 is 0 Å². The van der Waals surface area contributed by atoms with Crippen LogP contribution < -0.4 is 0 Å². The van der Waals surface area contributed by atoms with Gasteiger partial charge >= 0.3 is 0 Å². The SMILES string of the molecule is CO.CO.CS(C)(=O)=O.c1ccccc1.c1ccccc1. The molecule has 0 aromatic heterocycles. The Morgan fingerprint density at radius 1 is 0.476 bits per heavy atom. The van der Waals surface area contributed by atoms with E-state index in [1.165, 1.54) is 0 Å². The Bertz CT molecular complexity index is 363. The molecule has 0 aliphatic carbocycles. The van der Waals surface area contributed by atoms with Crippen molar-refractivity contribution in [3.05, 3.63) is 72.8 Å². The largest absolute Gasteiger partial charge is 0.400 e. The number of hydrogen-bond donors (Lipinski definition) is 2.